The van der Waals surface area contributed by atoms with Crippen LogP contribution in [-0.4, -0.2) is 29.9 Å². The number of halogens is 3. The van der Waals surface area contributed by atoms with Crippen molar-refractivity contribution in [1.82, 2.24) is 10.3 Å². The number of rotatable bonds is 5. The molecule has 0 saturated carbocycles. The molecule has 4 nitrogen and oxygen atoms in total. The lowest BCUT2D eigenvalue weighted by Crippen LogP contribution is -2.45. The summed E-state index contributed by atoms with van der Waals surface area (Å²) in [5, 5.41) is 5.45. The average molecular weight is 383 g/mol. The molecule has 1 saturated heterocycles. The molecule has 0 radical (unpaired) electrons. The number of anilines is 1. The lowest BCUT2D eigenvalue weighted by molar-refractivity contribution is -0.137. The van der Waals surface area contributed by atoms with Gasteiger partial charge >= 0.3 is 6.18 Å². The predicted octanol–water partition coefficient (Wildman–Crippen LogP) is 4.12. The molecular formula is C18H20F3N3OS. The standard InChI is InChI=1S/C18H20F3N3OS/c1-12(25)16-7-13(11-26-16)8-22-15-3-2-6-24(10-15)17-5-4-14(9-23-17)18(19,20)21/h4-5,7,9,11,15,22H,2-3,6,8,10H2,1H3/t15-/m1/s1. The fourth-order valence-corrected chi connectivity index (χ4v) is 3.82. The first-order valence-electron chi connectivity index (χ1n) is 8.43. The summed E-state index contributed by atoms with van der Waals surface area (Å²) in [7, 11) is 0. The second-order valence-corrected chi connectivity index (χ2v) is 7.36. The van der Waals surface area contributed by atoms with Gasteiger partial charge in [-0.3, -0.25) is 4.79 Å². The van der Waals surface area contributed by atoms with Gasteiger partial charge in [0.1, 0.15) is 5.82 Å². The van der Waals surface area contributed by atoms with Gasteiger partial charge in [-0.25, -0.2) is 4.98 Å². The summed E-state index contributed by atoms with van der Waals surface area (Å²) in [5.74, 6) is 0.636. The van der Waals surface area contributed by atoms with Crippen molar-refractivity contribution >= 4 is 22.9 Å². The molecule has 0 unspecified atom stereocenters. The zero-order valence-electron chi connectivity index (χ0n) is 14.3. The summed E-state index contributed by atoms with van der Waals surface area (Å²) in [6, 6.07) is 4.64. The van der Waals surface area contributed by atoms with Crippen LogP contribution in [0.2, 0.25) is 0 Å². The number of hydrogen-bond donors (Lipinski definition) is 1. The second-order valence-electron chi connectivity index (χ2n) is 6.44. The van der Waals surface area contributed by atoms with Crippen LogP contribution in [0, 0.1) is 0 Å². The van der Waals surface area contributed by atoms with Gasteiger partial charge in [0.05, 0.1) is 10.4 Å². The van der Waals surface area contributed by atoms with Crippen LogP contribution in [0.4, 0.5) is 19.0 Å². The van der Waals surface area contributed by atoms with E-state index >= 15 is 0 Å². The molecule has 1 aliphatic heterocycles. The summed E-state index contributed by atoms with van der Waals surface area (Å²) >= 11 is 1.44. The minimum atomic E-state index is -4.36. The van der Waals surface area contributed by atoms with Gasteiger partial charge in [0.2, 0.25) is 0 Å². The Kier molecular flexibility index (Phi) is 5.62. The van der Waals surface area contributed by atoms with Gasteiger partial charge in [-0.2, -0.15) is 13.2 Å². The zero-order chi connectivity index (χ0) is 18.7. The molecule has 2 aromatic rings. The third-order valence-electron chi connectivity index (χ3n) is 4.42. The van der Waals surface area contributed by atoms with Crippen LogP contribution >= 0.6 is 11.3 Å². The Morgan fingerprint density at radius 3 is 2.85 bits per heavy atom. The molecule has 0 aliphatic carbocycles. The van der Waals surface area contributed by atoms with Crippen LogP contribution in [0.1, 0.15) is 40.6 Å². The average Bonchev–Trinajstić information content (AvgIpc) is 3.09. The molecule has 1 fully saturated rings. The highest BCUT2D eigenvalue weighted by Gasteiger charge is 2.31. The minimum Gasteiger partial charge on any atom is -0.355 e. The van der Waals surface area contributed by atoms with Crippen LogP contribution in [0.5, 0.6) is 0 Å². The molecule has 0 aromatic carbocycles. The van der Waals surface area contributed by atoms with Crippen LogP contribution in [0.25, 0.3) is 0 Å². The van der Waals surface area contributed by atoms with Gasteiger partial charge in [0.25, 0.3) is 0 Å². The first-order chi connectivity index (χ1) is 12.3. The number of thiophene rings is 1. The number of aromatic nitrogens is 1. The summed E-state index contributed by atoms with van der Waals surface area (Å²) < 4.78 is 38.0. The van der Waals surface area contributed by atoms with Gasteiger partial charge in [-0.05, 0) is 48.9 Å². The largest absolute Gasteiger partial charge is 0.417 e. The maximum atomic E-state index is 12.7. The SMILES string of the molecule is CC(=O)c1cc(CN[C@@H]2CCCN(c3ccc(C(F)(F)F)cn3)C2)cs1. The van der Waals surface area contributed by atoms with E-state index < -0.39 is 11.7 Å². The quantitative estimate of drug-likeness (QED) is 0.789. The Bertz CT molecular complexity index is 758. The van der Waals surface area contributed by atoms with Crippen molar-refractivity contribution in [3.63, 3.8) is 0 Å². The fourth-order valence-electron chi connectivity index (χ4n) is 3.01. The van der Waals surface area contributed by atoms with Crippen LogP contribution in [-0.2, 0) is 12.7 Å². The molecule has 0 bridgehead atoms. The Hall–Kier alpha value is -1.93. The first-order valence-corrected chi connectivity index (χ1v) is 9.31. The smallest absolute Gasteiger partial charge is 0.355 e. The lowest BCUT2D eigenvalue weighted by atomic mass is 10.1. The Balaban J connectivity index is 1.57. The Morgan fingerprint density at radius 1 is 1.42 bits per heavy atom. The fraction of sp³-hybridized carbons (Fsp3) is 0.444. The zero-order valence-corrected chi connectivity index (χ0v) is 15.2. The second kappa shape index (κ2) is 7.75. The normalized spacial score (nSPS) is 18.2. The molecule has 0 spiro atoms. The molecule has 1 atom stereocenters. The van der Waals surface area contributed by atoms with E-state index in [0.29, 0.717) is 18.9 Å². The van der Waals surface area contributed by atoms with E-state index in [4.69, 9.17) is 0 Å². The van der Waals surface area contributed by atoms with Crippen LogP contribution < -0.4 is 10.2 Å². The van der Waals surface area contributed by atoms with E-state index in [1.807, 2.05) is 16.3 Å². The number of Topliss-reactive ketones (excluding diaryl/α,β-unsaturated/α-hetero) is 1. The van der Waals surface area contributed by atoms with Crippen molar-refractivity contribution in [2.24, 2.45) is 0 Å². The highest BCUT2D eigenvalue weighted by atomic mass is 32.1. The van der Waals surface area contributed by atoms with Gasteiger partial charge in [0, 0.05) is 31.9 Å². The molecule has 1 aliphatic rings. The van der Waals surface area contributed by atoms with Gasteiger partial charge in [-0.15, -0.1) is 11.3 Å². The monoisotopic (exact) mass is 383 g/mol. The first kappa shape index (κ1) is 18.8. The number of alkyl halides is 3. The van der Waals surface area contributed by atoms with E-state index in [1.54, 1.807) is 6.92 Å². The summed E-state index contributed by atoms with van der Waals surface area (Å²) in [4.78, 5) is 18.1. The molecule has 140 valence electrons. The van der Waals surface area contributed by atoms with E-state index in [0.717, 1.165) is 42.1 Å². The van der Waals surface area contributed by atoms with E-state index in [2.05, 4.69) is 10.3 Å². The maximum Gasteiger partial charge on any atom is 0.417 e. The number of hydrogen-bond acceptors (Lipinski definition) is 5. The summed E-state index contributed by atoms with van der Waals surface area (Å²) in [6.45, 7) is 3.70. The van der Waals surface area contributed by atoms with E-state index in [-0.39, 0.29) is 11.8 Å². The number of piperidine rings is 1. The van der Waals surface area contributed by atoms with Gasteiger partial charge < -0.3 is 10.2 Å². The Morgan fingerprint density at radius 2 is 2.23 bits per heavy atom. The van der Waals surface area contributed by atoms with Crippen molar-refractivity contribution in [1.29, 1.82) is 0 Å². The van der Waals surface area contributed by atoms with E-state index in [9.17, 15) is 18.0 Å². The predicted molar refractivity (Wildman–Crippen MR) is 95.6 cm³/mol. The van der Waals surface area contributed by atoms with Crippen LogP contribution in [0.3, 0.4) is 0 Å². The highest BCUT2D eigenvalue weighted by Crippen LogP contribution is 2.29. The minimum absolute atomic E-state index is 0.0680. The number of ketones is 1. The molecule has 1 N–H and O–H groups in total. The maximum absolute atomic E-state index is 12.7. The molecular weight excluding hydrogens is 363 g/mol. The Labute approximate surface area is 154 Å². The summed E-state index contributed by atoms with van der Waals surface area (Å²) in [5.41, 5.74) is 0.344. The van der Waals surface area contributed by atoms with Crippen molar-refractivity contribution in [3.8, 4) is 0 Å². The third-order valence-corrected chi connectivity index (χ3v) is 5.50. The number of nitrogens with zero attached hydrogens (tertiary/aromatic N) is 2. The highest BCUT2D eigenvalue weighted by molar-refractivity contribution is 7.12. The lowest BCUT2D eigenvalue weighted by Gasteiger charge is -2.34. The number of pyridine rings is 1. The molecule has 0 amide bonds. The van der Waals surface area contributed by atoms with E-state index in [1.165, 1.54) is 17.4 Å². The van der Waals surface area contributed by atoms with Gasteiger partial charge in [-0.1, -0.05) is 0 Å². The molecule has 8 heteroatoms. The topological polar surface area (TPSA) is 45.2 Å². The number of carbonyl (C=O) groups excluding carboxylic acids is 1. The van der Waals surface area contributed by atoms with Crippen LogP contribution in [0.15, 0.2) is 29.8 Å². The molecule has 2 aromatic heterocycles. The molecule has 3 rings (SSSR count). The van der Waals surface area contributed by atoms with Crippen molar-refractivity contribution in [3.05, 3.63) is 45.8 Å². The van der Waals surface area contributed by atoms with Crippen molar-refractivity contribution in [2.45, 2.75) is 38.5 Å². The van der Waals surface area contributed by atoms with Crippen molar-refractivity contribution in [2.75, 3.05) is 18.0 Å². The summed E-state index contributed by atoms with van der Waals surface area (Å²) in [6.07, 6.45) is -1.53. The van der Waals surface area contributed by atoms with Gasteiger partial charge in [0.15, 0.2) is 5.78 Å². The van der Waals surface area contributed by atoms with Crippen molar-refractivity contribution < 1.29 is 18.0 Å². The number of carbonyl (C=O) groups is 1. The third kappa shape index (κ3) is 4.62. The molecule has 3 heterocycles. The molecule has 26 heavy (non-hydrogen) atoms. The number of nitrogens with one attached hydrogen (secondary N) is 1.